The van der Waals surface area contributed by atoms with Gasteiger partial charge in [-0.1, -0.05) is 0 Å². The van der Waals surface area contributed by atoms with Crippen LogP contribution in [0.2, 0.25) is 0 Å². The lowest BCUT2D eigenvalue weighted by Gasteiger charge is -2.37. The van der Waals surface area contributed by atoms with Crippen LogP contribution in [0.3, 0.4) is 0 Å². The number of likely N-dealkylation sites (tertiary alicyclic amines) is 1. The van der Waals surface area contributed by atoms with E-state index in [1.807, 2.05) is 11.8 Å². The summed E-state index contributed by atoms with van der Waals surface area (Å²) in [6, 6.07) is 0. The number of hydrogen-bond acceptors (Lipinski definition) is 3. The summed E-state index contributed by atoms with van der Waals surface area (Å²) in [6.07, 6.45) is 4.72. The Kier molecular flexibility index (Phi) is 2.65. The van der Waals surface area contributed by atoms with Crippen molar-refractivity contribution < 1.29 is 0 Å². The van der Waals surface area contributed by atoms with Gasteiger partial charge in [0.25, 0.3) is 0 Å². The van der Waals surface area contributed by atoms with E-state index in [0.29, 0.717) is 0 Å². The van der Waals surface area contributed by atoms with Gasteiger partial charge in [-0.3, -0.25) is 4.99 Å². The van der Waals surface area contributed by atoms with Crippen molar-refractivity contribution in [2.45, 2.75) is 24.6 Å². The van der Waals surface area contributed by atoms with Crippen LogP contribution in [0.25, 0.3) is 0 Å². The summed E-state index contributed by atoms with van der Waals surface area (Å²) in [5.74, 6) is 1.91. The van der Waals surface area contributed by atoms with Crippen molar-refractivity contribution in [2.24, 2.45) is 10.9 Å². The summed E-state index contributed by atoms with van der Waals surface area (Å²) in [5.41, 5.74) is 0. The summed E-state index contributed by atoms with van der Waals surface area (Å²) in [7, 11) is 2.21. The number of nitrogens with zero attached hydrogens (tertiary/aromatic N) is 2. The van der Waals surface area contributed by atoms with Crippen LogP contribution in [0.5, 0.6) is 0 Å². The molecule has 2 aliphatic rings. The lowest BCUT2D eigenvalue weighted by molar-refractivity contribution is 0.195. The minimum Gasteiger partial charge on any atom is -0.306 e. The molecule has 0 N–H and O–H groups in total. The van der Waals surface area contributed by atoms with Crippen LogP contribution in [-0.4, -0.2) is 41.9 Å². The van der Waals surface area contributed by atoms with Crippen LogP contribution in [0.15, 0.2) is 4.99 Å². The number of aliphatic imine (C=N–C) groups is 1. The van der Waals surface area contributed by atoms with E-state index < -0.39 is 0 Å². The van der Waals surface area contributed by atoms with Gasteiger partial charge in [0.15, 0.2) is 0 Å². The first-order chi connectivity index (χ1) is 6.21. The highest BCUT2D eigenvalue weighted by molar-refractivity contribution is 8.01. The van der Waals surface area contributed by atoms with Crippen LogP contribution in [0, 0.1) is 5.92 Å². The molecule has 1 saturated heterocycles. The third kappa shape index (κ3) is 1.91. The van der Waals surface area contributed by atoms with Gasteiger partial charge in [0.1, 0.15) is 4.87 Å². The van der Waals surface area contributed by atoms with Gasteiger partial charge in [-0.15, -0.1) is 11.8 Å². The highest BCUT2D eigenvalue weighted by Gasteiger charge is 2.37. The first kappa shape index (κ1) is 9.53. The normalized spacial score (nSPS) is 37.1. The SMILES string of the molecule is CN1CCC(C2(C)N=CCS2)CC1. The van der Waals surface area contributed by atoms with Crippen LogP contribution < -0.4 is 0 Å². The monoisotopic (exact) mass is 198 g/mol. The fraction of sp³-hybridized carbons (Fsp3) is 0.900. The van der Waals surface area contributed by atoms with Crippen LogP contribution in [0.1, 0.15) is 19.8 Å². The number of thioether (sulfide) groups is 1. The van der Waals surface area contributed by atoms with Gasteiger partial charge >= 0.3 is 0 Å². The predicted octanol–water partition coefficient (Wildman–Crippen LogP) is 1.86. The molecule has 1 fully saturated rings. The van der Waals surface area contributed by atoms with Gasteiger partial charge in [-0.25, -0.2) is 0 Å². The van der Waals surface area contributed by atoms with E-state index in [-0.39, 0.29) is 4.87 Å². The summed E-state index contributed by atoms with van der Waals surface area (Å²) in [4.78, 5) is 7.27. The second kappa shape index (κ2) is 3.62. The number of hydrogen-bond donors (Lipinski definition) is 0. The summed E-state index contributed by atoms with van der Waals surface area (Å²) < 4.78 is 0. The first-order valence-corrected chi connectivity index (χ1v) is 6.05. The Morgan fingerprint density at radius 1 is 1.46 bits per heavy atom. The molecule has 2 heterocycles. The molecule has 1 unspecified atom stereocenters. The van der Waals surface area contributed by atoms with Gasteiger partial charge in [0.2, 0.25) is 0 Å². The predicted molar refractivity (Wildman–Crippen MR) is 59.6 cm³/mol. The molecule has 0 aromatic carbocycles. The molecule has 0 saturated carbocycles. The zero-order chi connectivity index (χ0) is 9.31. The van der Waals surface area contributed by atoms with E-state index in [4.69, 9.17) is 0 Å². The Hall–Kier alpha value is -0.0200. The molecular weight excluding hydrogens is 180 g/mol. The Morgan fingerprint density at radius 2 is 2.15 bits per heavy atom. The van der Waals surface area contributed by atoms with Gasteiger partial charge in [0, 0.05) is 12.0 Å². The molecule has 2 nitrogen and oxygen atoms in total. The van der Waals surface area contributed by atoms with Crippen molar-refractivity contribution in [1.29, 1.82) is 0 Å². The van der Waals surface area contributed by atoms with E-state index >= 15 is 0 Å². The molecule has 0 aromatic rings. The van der Waals surface area contributed by atoms with E-state index in [2.05, 4.69) is 30.1 Å². The molecule has 2 aliphatic heterocycles. The van der Waals surface area contributed by atoms with Crippen molar-refractivity contribution in [1.82, 2.24) is 4.90 Å². The van der Waals surface area contributed by atoms with Crippen molar-refractivity contribution in [3.63, 3.8) is 0 Å². The second-order valence-electron chi connectivity index (χ2n) is 4.25. The minimum absolute atomic E-state index is 0.210. The molecule has 74 valence electrons. The number of rotatable bonds is 1. The molecule has 0 spiro atoms. The highest BCUT2D eigenvalue weighted by Crippen LogP contribution is 2.41. The Labute approximate surface area is 84.8 Å². The molecule has 13 heavy (non-hydrogen) atoms. The topological polar surface area (TPSA) is 15.6 Å². The van der Waals surface area contributed by atoms with Gasteiger partial charge in [-0.05, 0) is 45.8 Å². The van der Waals surface area contributed by atoms with Crippen LogP contribution >= 0.6 is 11.8 Å². The molecule has 0 aromatic heterocycles. The smallest absolute Gasteiger partial charge is 0.106 e. The zero-order valence-electron chi connectivity index (χ0n) is 8.49. The third-order valence-corrected chi connectivity index (χ3v) is 4.61. The summed E-state index contributed by atoms with van der Waals surface area (Å²) in [5, 5.41) is 0. The quantitative estimate of drug-likeness (QED) is 0.639. The second-order valence-corrected chi connectivity index (χ2v) is 5.70. The van der Waals surface area contributed by atoms with E-state index in [0.717, 1.165) is 11.7 Å². The summed E-state index contributed by atoms with van der Waals surface area (Å²) >= 11 is 2.01. The van der Waals surface area contributed by atoms with Crippen molar-refractivity contribution >= 4 is 18.0 Å². The van der Waals surface area contributed by atoms with Gasteiger partial charge in [-0.2, -0.15) is 0 Å². The van der Waals surface area contributed by atoms with Gasteiger partial charge in [0.05, 0.1) is 0 Å². The minimum atomic E-state index is 0.210. The Bertz CT molecular complexity index is 209. The Balaban J connectivity index is 1.97. The average molecular weight is 198 g/mol. The lowest BCUT2D eigenvalue weighted by atomic mass is 9.90. The maximum atomic E-state index is 4.64. The zero-order valence-corrected chi connectivity index (χ0v) is 9.31. The molecule has 0 bridgehead atoms. The third-order valence-electron chi connectivity index (χ3n) is 3.27. The molecule has 0 amide bonds. The van der Waals surface area contributed by atoms with E-state index in [9.17, 15) is 0 Å². The molecular formula is C10H18N2S. The van der Waals surface area contributed by atoms with Crippen molar-refractivity contribution in [3.8, 4) is 0 Å². The lowest BCUT2D eigenvalue weighted by Crippen LogP contribution is -2.38. The van der Waals surface area contributed by atoms with Crippen molar-refractivity contribution in [2.75, 3.05) is 25.9 Å². The van der Waals surface area contributed by atoms with Crippen LogP contribution in [-0.2, 0) is 0 Å². The molecule has 0 aliphatic carbocycles. The summed E-state index contributed by atoms with van der Waals surface area (Å²) in [6.45, 7) is 4.80. The molecule has 1 atom stereocenters. The molecule has 2 rings (SSSR count). The van der Waals surface area contributed by atoms with Gasteiger partial charge < -0.3 is 4.90 Å². The van der Waals surface area contributed by atoms with Crippen molar-refractivity contribution in [3.05, 3.63) is 0 Å². The molecule has 3 heteroatoms. The fourth-order valence-electron chi connectivity index (χ4n) is 2.23. The standard InChI is InChI=1S/C10H18N2S/c1-10(11-5-8-13-10)9-3-6-12(2)7-4-9/h5,9H,3-4,6-8H2,1-2H3. The fourth-order valence-corrected chi connectivity index (χ4v) is 3.34. The Morgan fingerprint density at radius 3 is 2.69 bits per heavy atom. The van der Waals surface area contributed by atoms with E-state index in [1.165, 1.54) is 25.9 Å². The molecule has 0 radical (unpaired) electrons. The van der Waals surface area contributed by atoms with E-state index in [1.54, 1.807) is 0 Å². The largest absolute Gasteiger partial charge is 0.306 e. The average Bonchev–Trinajstić information content (AvgIpc) is 2.54. The van der Waals surface area contributed by atoms with Crippen LogP contribution in [0.4, 0.5) is 0 Å². The maximum absolute atomic E-state index is 4.64. The number of piperidine rings is 1. The maximum Gasteiger partial charge on any atom is 0.106 e. The first-order valence-electron chi connectivity index (χ1n) is 5.07. The highest BCUT2D eigenvalue weighted by atomic mass is 32.2.